The predicted molar refractivity (Wildman–Crippen MR) is 51.5 cm³/mol. The summed E-state index contributed by atoms with van der Waals surface area (Å²) in [6, 6.07) is 7.63. The summed E-state index contributed by atoms with van der Waals surface area (Å²) in [7, 11) is 0. The van der Waals surface area contributed by atoms with Crippen LogP contribution in [0.5, 0.6) is 0 Å². The van der Waals surface area contributed by atoms with Crippen molar-refractivity contribution in [2.24, 2.45) is 5.73 Å². The third-order valence-electron chi connectivity index (χ3n) is 2.66. The van der Waals surface area contributed by atoms with Crippen LogP contribution in [-0.2, 0) is 5.54 Å². The fourth-order valence-electron chi connectivity index (χ4n) is 1.46. The molecule has 2 heteroatoms. The Balaban J connectivity index is 2.28. The van der Waals surface area contributed by atoms with Gasteiger partial charge in [-0.1, -0.05) is 24.3 Å². The lowest BCUT2D eigenvalue weighted by Crippen LogP contribution is -2.18. The van der Waals surface area contributed by atoms with Crippen LogP contribution in [0.3, 0.4) is 0 Å². The number of rotatable bonds is 2. The average Bonchev–Trinajstić information content (AvgIpc) is 2.85. The van der Waals surface area contributed by atoms with Crippen molar-refractivity contribution in [3.8, 4) is 0 Å². The van der Waals surface area contributed by atoms with Gasteiger partial charge in [-0.15, -0.1) is 0 Å². The molecule has 1 aliphatic rings. The average molecular weight is 175 g/mol. The third kappa shape index (κ3) is 1.49. The van der Waals surface area contributed by atoms with Gasteiger partial charge >= 0.3 is 0 Å². The normalized spacial score (nSPS) is 18.3. The summed E-state index contributed by atoms with van der Waals surface area (Å²) in [5, 5.41) is 0. The maximum atomic E-state index is 11.0. The molecule has 1 aromatic carbocycles. The van der Waals surface area contributed by atoms with E-state index in [1.54, 1.807) is 6.92 Å². The zero-order valence-corrected chi connectivity index (χ0v) is 7.71. The molecule has 0 spiro atoms. The molecule has 0 aromatic heterocycles. The Kier molecular flexibility index (Phi) is 1.74. The Bertz CT molecular complexity index is 336. The quantitative estimate of drug-likeness (QED) is 0.697. The van der Waals surface area contributed by atoms with Gasteiger partial charge in [-0.25, -0.2) is 0 Å². The molecular formula is C11H13NO. The van der Waals surface area contributed by atoms with Gasteiger partial charge in [0.15, 0.2) is 5.78 Å². The molecular weight excluding hydrogens is 162 g/mol. The Labute approximate surface area is 77.8 Å². The van der Waals surface area contributed by atoms with Crippen molar-refractivity contribution in [3.05, 3.63) is 35.4 Å². The number of carbonyl (C=O) groups is 1. The standard InChI is InChI=1S/C11H13NO/c1-8(13)9-2-4-10(5-3-9)11(12)6-7-11/h2-5H,6-7,12H2,1H3. The smallest absolute Gasteiger partial charge is 0.159 e. The van der Waals surface area contributed by atoms with Crippen LogP contribution in [0.2, 0.25) is 0 Å². The van der Waals surface area contributed by atoms with E-state index in [0.29, 0.717) is 0 Å². The van der Waals surface area contributed by atoms with Crippen LogP contribution in [0, 0.1) is 0 Å². The molecule has 0 radical (unpaired) electrons. The molecule has 2 nitrogen and oxygen atoms in total. The van der Waals surface area contributed by atoms with Crippen molar-refractivity contribution in [1.29, 1.82) is 0 Å². The zero-order valence-electron chi connectivity index (χ0n) is 7.71. The summed E-state index contributed by atoms with van der Waals surface area (Å²) in [6.45, 7) is 1.57. The van der Waals surface area contributed by atoms with Crippen LogP contribution in [0.4, 0.5) is 0 Å². The van der Waals surface area contributed by atoms with E-state index in [0.717, 1.165) is 24.0 Å². The second-order valence-corrected chi connectivity index (χ2v) is 3.79. The summed E-state index contributed by atoms with van der Waals surface area (Å²) in [5.74, 6) is 0.105. The minimum atomic E-state index is -0.0880. The monoisotopic (exact) mass is 175 g/mol. The molecule has 0 unspecified atom stereocenters. The Morgan fingerprint density at radius 3 is 2.23 bits per heavy atom. The summed E-state index contributed by atoms with van der Waals surface area (Å²) in [4.78, 5) is 11.0. The highest BCUT2D eigenvalue weighted by Crippen LogP contribution is 2.42. The van der Waals surface area contributed by atoms with Gasteiger partial charge in [-0.05, 0) is 25.3 Å². The molecule has 0 saturated heterocycles. The number of ketones is 1. The molecule has 0 atom stereocenters. The van der Waals surface area contributed by atoms with Crippen molar-refractivity contribution in [2.75, 3.05) is 0 Å². The van der Waals surface area contributed by atoms with E-state index in [1.807, 2.05) is 24.3 Å². The maximum absolute atomic E-state index is 11.0. The molecule has 1 aliphatic carbocycles. The fraction of sp³-hybridized carbons (Fsp3) is 0.364. The van der Waals surface area contributed by atoms with E-state index >= 15 is 0 Å². The second kappa shape index (κ2) is 2.67. The highest BCUT2D eigenvalue weighted by molar-refractivity contribution is 5.94. The van der Waals surface area contributed by atoms with Crippen LogP contribution in [0.15, 0.2) is 24.3 Å². The number of nitrogens with two attached hydrogens (primary N) is 1. The molecule has 0 amide bonds. The lowest BCUT2D eigenvalue weighted by molar-refractivity contribution is 0.101. The third-order valence-corrected chi connectivity index (χ3v) is 2.66. The predicted octanol–water partition coefficient (Wildman–Crippen LogP) is 1.84. The fourth-order valence-corrected chi connectivity index (χ4v) is 1.46. The van der Waals surface area contributed by atoms with E-state index in [-0.39, 0.29) is 11.3 Å². The molecule has 68 valence electrons. The van der Waals surface area contributed by atoms with Gasteiger partial charge in [0, 0.05) is 11.1 Å². The van der Waals surface area contributed by atoms with E-state index in [2.05, 4.69) is 0 Å². The second-order valence-electron chi connectivity index (χ2n) is 3.79. The van der Waals surface area contributed by atoms with Crippen molar-refractivity contribution in [3.63, 3.8) is 0 Å². The minimum absolute atomic E-state index is 0.0880. The first kappa shape index (κ1) is 8.45. The lowest BCUT2D eigenvalue weighted by atomic mass is 10.0. The number of benzene rings is 1. The highest BCUT2D eigenvalue weighted by Gasteiger charge is 2.39. The van der Waals surface area contributed by atoms with Crippen molar-refractivity contribution >= 4 is 5.78 Å². The molecule has 0 bridgehead atoms. The van der Waals surface area contributed by atoms with Crippen LogP contribution in [-0.4, -0.2) is 5.78 Å². The molecule has 0 heterocycles. The van der Waals surface area contributed by atoms with Crippen molar-refractivity contribution in [1.82, 2.24) is 0 Å². The van der Waals surface area contributed by atoms with Crippen molar-refractivity contribution in [2.45, 2.75) is 25.3 Å². The number of carbonyl (C=O) groups excluding carboxylic acids is 1. The van der Waals surface area contributed by atoms with E-state index in [4.69, 9.17) is 5.73 Å². The summed E-state index contributed by atoms with van der Waals surface area (Å²) in [6.07, 6.45) is 2.12. The number of hydrogen-bond acceptors (Lipinski definition) is 2. The highest BCUT2D eigenvalue weighted by atomic mass is 16.1. The van der Waals surface area contributed by atoms with E-state index in [1.165, 1.54) is 0 Å². The van der Waals surface area contributed by atoms with Crippen LogP contribution < -0.4 is 5.73 Å². The van der Waals surface area contributed by atoms with Gasteiger partial charge < -0.3 is 5.73 Å². The first-order valence-corrected chi connectivity index (χ1v) is 4.52. The molecule has 2 rings (SSSR count). The Morgan fingerprint density at radius 2 is 1.85 bits per heavy atom. The molecule has 2 N–H and O–H groups in total. The topological polar surface area (TPSA) is 43.1 Å². The molecule has 0 aliphatic heterocycles. The first-order valence-electron chi connectivity index (χ1n) is 4.52. The summed E-state index contributed by atoms with van der Waals surface area (Å²) >= 11 is 0. The van der Waals surface area contributed by atoms with E-state index in [9.17, 15) is 4.79 Å². The Hall–Kier alpha value is -1.15. The van der Waals surface area contributed by atoms with E-state index < -0.39 is 0 Å². The Morgan fingerprint density at radius 1 is 1.31 bits per heavy atom. The maximum Gasteiger partial charge on any atom is 0.159 e. The summed E-state index contributed by atoms with van der Waals surface area (Å²) < 4.78 is 0. The first-order chi connectivity index (χ1) is 6.12. The lowest BCUT2D eigenvalue weighted by Gasteiger charge is -2.08. The van der Waals surface area contributed by atoms with Crippen LogP contribution >= 0.6 is 0 Å². The molecule has 1 aromatic rings. The minimum Gasteiger partial charge on any atom is -0.321 e. The summed E-state index contributed by atoms with van der Waals surface area (Å²) in [5.41, 5.74) is 7.83. The molecule has 1 fully saturated rings. The largest absolute Gasteiger partial charge is 0.321 e. The van der Waals surface area contributed by atoms with Crippen LogP contribution in [0.1, 0.15) is 35.7 Å². The van der Waals surface area contributed by atoms with Gasteiger partial charge in [0.25, 0.3) is 0 Å². The van der Waals surface area contributed by atoms with Gasteiger partial charge in [0.05, 0.1) is 0 Å². The van der Waals surface area contributed by atoms with Gasteiger partial charge in [-0.3, -0.25) is 4.79 Å². The van der Waals surface area contributed by atoms with Gasteiger partial charge in [0.1, 0.15) is 0 Å². The number of Topliss-reactive ketones (excluding diaryl/α,β-unsaturated/α-hetero) is 1. The van der Waals surface area contributed by atoms with Crippen molar-refractivity contribution < 1.29 is 4.79 Å². The number of hydrogen-bond donors (Lipinski definition) is 1. The van der Waals surface area contributed by atoms with Gasteiger partial charge in [0.2, 0.25) is 0 Å². The van der Waals surface area contributed by atoms with Gasteiger partial charge in [-0.2, -0.15) is 0 Å². The SMILES string of the molecule is CC(=O)c1ccc(C2(N)CC2)cc1. The van der Waals surface area contributed by atoms with Crippen LogP contribution in [0.25, 0.3) is 0 Å². The molecule has 13 heavy (non-hydrogen) atoms. The zero-order chi connectivity index (χ0) is 9.47. The molecule has 1 saturated carbocycles.